The van der Waals surface area contributed by atoms with Gasteiger partial charge in [0.15, 0.2) is 0 Å². The second-order valence-corrected chi connectivity index (χ2v) is 4.44. The molecule has 1 aromatic carbocycles. The van der Waals surface area contributed by atoms with Crippen molar-refractivity contribution in [1.82, 2.24) is 5.32 Å². The van der Waals surface area contributed by atoms with E-state index in [9.17, 15) is 9.59 Å². The molecule has 1 aromatic rings. The highest BCUT2D eigenvalue weighted by Crippen LogP contribution is 2.32. The number of fused-ring (bicyclic) bond motifs is 1. The maximum atomic E-state index is 12.1. The fourth-order valence-corrected chi connectivity index (χ4v) is 2.39. The first-order chi connectivity index (χ1) is 9.19. The number of nitrogens with one attached hydrogen (secondary N) is 1. The molecule has 0 bridgehead atoms. The molecule has 102 valence electrons. The molecule has 0 spiro atoms. The van der Waals surface area contributed by atoms with Gasteiger partial charge in [-0.05, 0) is 18.6 Å². The van der Waals surface area contributed by atoms with Crippen LogP contribution in [-0.2, 0) is 20.7 Å². The summed E-state index contributed by atoms with van der Waals surface area (Å²) in [7, 11) is 1.47. The predicted molar refractivity (Wildman–Crippen MR) is 72.0 cm³/mol. The quantitative estimate of drug-likeness (QED) is 0.870. The number of hydrogen-bond donors (Lipinski definition) is 1. The van der Waals surface area contributed by atoms with Crippen LogP contribution in [0.4, 0.5) is 5.69 Å². The average molecular weight is 262 g/mol. The number of carbonyl (C=O) groups is 2. The van der Waals surface area contributed by atoms with E-state index in [1.807, 2.05) is 31.2 Å². The second kappa shape index (κ2) is 5.84. The molecule has 1 heterocycles. The first kappa shape index (κ1) is 13.5. The minimum atomic E-state index is -0.472. The molecule has 0 aromatic heterocycles. The summed E-state index contributed by atoms with van der Waals surface area (Å²) >= 11 is 0. The average Bonchev–Trinajstić information content (AvgIpc) is 2.78. The number of likely N-dealkylation sites (N-methyl/N-ethyl adjacent to an activating group) is 1. The molecule has 1 aliphatic heterocycles. The summed E-state index contributed by atoms with van der Waals surface area (Å²) in [5, 5.41) is 2.78. The van der Waals surface area contributed by atoms with E-state index in [-0.39, 0.29) is 18.4 Å². The van der Waals surface area contributed by atoms with Crippen LogP contribution in [0.15, 0.2) is 24.3 Å². The topological polar surface area (TPSA) is 58.6 Å². The van der Waals surface area contributed by atoms with Crippen molar-refractivity contribution in [3.63, 3.8) is 0 Å². The van der Waals surface area contributed by atoms with Crippen LogP contribution in [0.3, 0.4) is 0 Å². The van der Waals surface area contributed by atoms with Crippen LogP contribution in [0.1, 0.15) is 12.5 Å². The Labute approximate surface area is 112 Å². The van der Waals surface area contributed by atoms with Crippen LogP contribution in [-0.4, -0.2) is 38.1 Å². The van der Waals surface area contributed by atoms with Gasteiger partial charge in [0.1, 0.15) is 12.6 Å². The number of anilines is 1. The van der Waals surface area contributed by atoms with Crippen LogP contribution in [0, 0.1) is 0 Å². The van der Waals surface area contributed by atoms with Crippen LogP contribution in [0.5, 0.6) is 0 Å². The zero-order valence-electron chi connectivity index (χ0n) is 11.2. The van der Waals surface area contributed by atoms with Gasteiger partial charge in [-0.15, -0.1) is 0 Å². The third-order valence-electron chi connectivity index (χ3n) is 3.17. The summed E-state index contributed by atoms with van der Waals surface area (Å²) in [4.78, 5) is 25.8. The molecular weight excluding hydrogens is 244 g/mol. The van der Waals surface area contributed by atoms with Crippen LogP contribution >= 0.6 is 0 Å². The number of para-hydroxylation sites is 1. The van der Waals surface area contributed by atoms with E-state index in [2.05, 4.69) is 5.32 Å². The van der Waals surface area contributed by atoms with Gasteiger partial charge in [-0.1, -0.05) is 18.2 Å². The number of amides is 2. The summed E-state index contributed by atoms with van der Waals surface area (Å²) < 4.78 is 4.90. The van der Waals surface area contributed by atoms with Crippen molar-refractivity contribution in [2.45, 2.75) is 19.4 Å². The Morgan fingerprint density at radius 1 is 1.42 bits per heavy atom. The Hall–Kier alpha value is -1.88. The van der Waals surface area contributed by atoms with Crippen LogP contribution in [0.2, 0.25) is 0 Å². The number of ether oxygens (including phenoxy) is 1. The van der Waals surface area contributed by atoms with Gasteiger partial charge < -0.3 is 10.1 Å². The van der Waals surface area contributed by atoms with Gasteiger partial charge in [0.25, 0.3) is 5.91 Å². The molecule has 0 saturated heterocycles. The Kier molecular flexibility index (Phi) is 4.16. The largest absolute Gasteiger partial charge is 0.375 e. The second-order valence-electron chi connectivity index (χ2n) is 4.44. The van der Waals surface area contributed by atoms with Gasteiger partial charge >= 0.3 is 0 Å². The van der Waals surface area contributed by atoms with E-state index >= 15 is 0 Å². The lowest BCUT2D eigenvalue weighted by molar-refractivity contribution is -0.127. The zero-order chi connectivity index (χ0) is 13.8. The molecule has 0 radical (unpaired) electrons. The monoisotopic (exact) mass is 262 g/mol. The Morgan fingerprint density at radius 2 is 2.16 bits per heavy atom. The number of hydrogen-bond acceptors (Lipinski definition) is 3. The lowest BCUT2D eigenvalue weighted by atomic mass is 10.1. The molecule has 0 fully saturated rings. The van der Waals surface area contributed by atoms with Gasteiger partial charge in [-0.2, -0.15) is 0 Å². The van der Waals surface area contributed by atoms with Crippen molar-refractivity contribution in [3.05, 3.63) is 29.8 Å². The summed E-state index contributed by atoms with van der Waals surface area (Å²) in [6.07, 6.45) is 0.553. The maximum absolute atomic E-state index is 12.1. The Morgan fingerprint density at radius 3 is 2.84 bits per heavy atom. The third kappa shape index (κ3) is 2.61. The molecule has 1 atom stereocenters. The molecule has 5 nitrogen and oxygen atoms in total. The van der Waals surface area contributed by atoms with Crippen molar-refractivity contribution in [1.29, 1.82) is 0 Å². The first-order valence-electron chi connectivity index (χ1n) is 6.35. The fraction of sp³-hybridized carbons (Fsp3) is 0.429. The van der Waals surface area contributed by atoms with Crippen molar-refractivity contribution in [2.24, 2.45) is 0 Å². The molecule has 2 amide bonds. The molecule has 0 saturated carbocycles. The lowest BCUT2D eigenvalue weighted by Gasteiger charge is -2.24. The summed E-state index contributed by atoms with van der Waals surface area (Å²) in [5.74, 6) is -0.313. The van der Waals surface area contributed by atoms with Gasteiger partial charge in [-0.3, -0.25) is 14.5 Å². The van der Waals surface area contributed by atoms with E-state index in [0.29, 0.717) is 13.0 Å². The standard InChI is InChI=1S/C14H18N2O3/c1-3-15-14(18)12-8-10-6-4-5-7-11(10)16(12)13(17)9-19-2/h4-7,12H,3,8-9H2,1-2H3,(H,15,18). The minimum Gasteiger partial charge on any atom is -0.375 e. The van der Waals surface area contributed by atoms with E-state index in [0.717, 1.165) is 11.3 Å². The molecule has 1 unspecified atom stereocenters. The molecule has 0 aliphatic carbocycles. The van der Waals surface area contributed by atoms with Gasteiger partial charge in [0, 0.05) is 25.8 Å². The number of rotatable bonds is 4. The maximum Gasteiger partial charge on any atom is 0.253 e. The van der Waals surface area contributed by atoms with Crippen molar-refractivity contribution >= 4 is 17.5 Å². The highest BCUT2D eigenvalue weighted by atomic mass is 16.5. The highest BCUT2D eigenvalue weighted by molar-refractivity contribution is 6.04. The number of methoxy groups -OCH3 is 1. The highest BCUT2D eigenvalue weighted by Gasteiger charge is 2.37. The first-order valence-corrected chi connectivity index (χ1v) is 6.35. The predicted octanol–water partition coefficient (Wildman–Crippen LogP) is 0.727. The lowest BCUT2D eigenvalue weighted by Crippen LogP contribution is -2.49. The van der Waals surface area contributed by atoms with E-state index in [1.165, 1.54) is 7.11 Å². The molecule has 2 rings (SSSR count). The van der Waals surface area contributed by atoms with Crippen molar-refractivity contribution < 1.29 is 14.3 Å². The van der Waals surface area contributed by atoms with Gasteiger partial charge in [-0.25, -0.2) is 0 Å². The fourth-order valence-electron chi connectivity index (χ4n) is 2.39. The van der Waals surface area contributed by atoms with Gasteiger partial charge in [0.05, 0.1) is 0 Å². The van der Waals surface area contributed by atoms with Crippen molar-refractivity contribution in [2.75, 3.05) is 25.2 Å². The van der Waals surface area contributed by atoms with Crippen LogP contribution in [0.25, 0.3) is 0 Å². The Balaban J connectivity index is 2.30. The molecule has 1 N–H and O–H groups in total. The minimum absolute atomic E-state index is 0.0236. The number of carbonyl (C=O) groups excluding carboxylic acids is 2. The smallest absolute Gasteiger partial charge is 0.253 e. The molecule has 19 heavy (non-hydrogen) atoms. The van der Waals surface area contributed by atoms with E-state index < -0.39 is 6.04 Å². The number of benzene rings is 1. The number of nitrogens with zero attached hydrogens (tertiary/aromatic N) is 1. The SMILES string of the molecule is CCNC(=O)C1Cc2ccccc2N1C(=O)COC. The summed E-state index contributed by atoms with van der Waals surface area (Å²) in [5.41, 5.74) is 1.82. The molecule has 5 heteroatoms. The van der Waals surface area contributed by atoms with E-state index in [4.69, 9.17) is 4.74 Å². The Bertz CT molecular complexity index is 487. The summed E-state index contributed by atoms with van der Waals surface area (Å²) in [6, 6.07) is 7.12. The van der Waals surface area contributed by atoms with Crippen LogP contribution < -0.4 is 10.2 Å². The molecular formula is C14H18N2O3. The normalized spacial score (nSPS) is 17.2. The zero-order valence-corrected chi connectivity index (χ0v) is 11.2. The third-order valence-corrected chi connectivity index (χ3v) is 3.17. The van der Waals surface area contributed by atoms with Crippen molar-refractivity contribution in [3.8, 4) is 0 Å². The van der Waals surface area contributed by atoms with Gasteiger partial charge in [0.2, 0.25) is 5.91 Å². The summed E-state index contributed by atoms with van der Waals surface area (Å²) in [6.45, 7) is 2.39. The van der Waals surface area contributed by atoms with E-state index in [1.54, 1.807) is 4.90 Å². The molecule has 1 aliphatic rings.